The van der Waals surface area contributed by atoms with E-state index in [1.807, 2.05) is 13.0 Å². The highest BCUT2D eigenvalue weighted by molar-refractivity contribution is 5.29. The van der Waals surface area contributed by atoms with Gasteiger partial charge in [0.05, 0.1) is 6.07 Å². The standard InChI is InChI=1S/C12H13F3N2O/c1-9(17-8-2-7-16)10-3-5-11(6-4-10)18-12(13,14)15/h3-6,9,17H,2,8H2,1H3. The summed E-state index contributed by atoms with van der Waals surface area (Å²) in [7, 11) is 0. The highest BCUT2D eigenvalue weighted by Crippen LogP contribution is 2.24. The van der Waals surface area contributed by atoms with Crippen molar-refractivity contribution < 1.29 is 17.9 Å². The number of alkyl halides is 3. The minimum absolute atomic E-state index is 0.0294. The molecule has 98 valence electrons. The summed E-state index contributed by atoms with van der Waals surface area (Å²) < 4.78 is 39.6. The van der Waals surface area contributed by atoms with Crippen molar-refractivity contribution >= 4 is 0 Å². The monoisotopic (exact) mass is 258 g/mol. The Bertz CT molecular complexity index is 409. The molecule has 1 atom stereocenters. The van der Waals surface area contributed by atoms with Gasteiger partial charge in [0.15, 0.2) is 0 Å². The molecule has 0 saturated carbocycles. The van der Waals surface area contributed by atoms with Crippen molar-refractivity contribution in [2.24, 2.45) is 0 Å². The van der Waals surface area contributed by atoms with Crippen molar-refractivity contribution in [1.82, 2.24) is 5.32 Å². The third-order valence-corrected chi connectivity index (χ3v) is 2.30. The van der Waals surface area contributed by atoms with Gasteiger partial charge < -0.3 is 10.1 Å². The highest BCUT2D eigenvalue weighted by atomic mass is 19.4. The zero-order chi connectivity index (χ0) is 13.6. The second-order valence-electron chi connectivity index (χ2n) is 3.70. The van der Waals surface area contributed by atoms with Crippen LogP contribution in [0.5, 0.6) is 5.75 Å². The maximum absolute atomic E-state index is 11.9. The molecule has 3 nitrogen and oxygen atoms in total. The first-order valence-electron chi connectivity index (χ1n) is 5.38. The first-order valence-corrected chi connectivity index (χ1v) is 5.38. The minimum atomic E-state index is -4.67. The largest absolute Gasteiger partial charge is 0.573 e. The van der Waals surface area contributed by atoms with E-state index in [1.165, 1.54) is 12.1 Å². The molecule has 1 aromatic rings. The molecule has 0 aliphatic rings. The Labute approximate surface area is 103 Å². The molecule has 0 aliphatic carbocycles. The zero-order valence-electron chi connectivity index (χ0n) is 9.79. The number of rotatable bonds is 5. The molecule has 1 aromatic carbocycles. The van der Waals surface area contributed by atoms with Crippen LogP contribution in [0.25, 0.3) is 0 Å². The van der Waals surface area contributed by atoms with Crippen LogP contribution in [-0.4, -0.2) is 12.9 Å². The van der Waals surface area contributed by atoms with Crippen LogP contribution in [0.2, 0.25) is 0 Å². The van der Waals surface area contributed by atoms with Crippen molar-refractivity contribution in [3.05, 3.63) is 29.8 Å². The molecule has 0 amide bonds. The summed E-state index contributed by atoms with van der Waals surface area (Å²) in [6, 6.07) is 7.63. The van der Waals surface area contributed by atoms with Gasteiger partial charge in [-0.1, -0.05) is 12.1 Å². The van der Waals surface area contributed by atoms with Gasteiger partial charge in [0.2, 0.25) is 0 Å². The lowest BCUT2D eigenvalue weighted by Crippen LogP contribution is -2.20. The first kappa shape index (κ1) is 14.3. The average Bonchev–Trinajstić information content (AvgIpc) is 2.28. The summed E-state index contributed by atoms with van der Waals surface area (Å²) in [4.78, 5) is 0. The molecule has 0 fully saturated rings. The summed E-state index contributed by atoms with van der Waals surface area (Å²) in [6.45, 7) is 2.41. The lowest BCUT2D eigenvalue weighted by molar-refractivity contribution is -0.274. The molecule has 0 aromatic heterocycles. The number of hydrogen-bond donors (Lipinski definition) is 1. The molecule has 1 unspecified atom stereocenters. The Morgan fingerprint density at radius 2 is 1.94 bits per heavy atom. The number of nitriles is 1. The topological polar surface area (TPSA) is 45.0 Å². The van der Waals surface area contributed by atoms with Crippen LogP contribution in [-0.2, 0) is 0 Å². The van der Waals surface area contributed by atoms with Crippen LogP contribution >= 0.6 is 0 Å². The predicted octanol–water partition coefficient (Wildman–Crippen LogP) is 3.15. The van der Waals surface area contributed by atoms with E-state index in [4.69, 9.17) is 5.26 Å². The number of ether oxygens (including phenoxy) is 1. The number of halogens is 3. The summed E-state index contributed by atoms with van der Waals surface area (Å²) in [5.41, 5.74) is 0.836. The molecule has 18 heavy (non-hydrogen) atoms. The Balaban J connectivity index is 2.57. The SMILES string of the molecule is CC(NCCC#N)c1ccc(OC(F)(F)F)cc1. The van der Waals surface area contributed by atoms with Crippen molar-refractivity contribution in [3.63, 3.8) is 0 Å². The van der Waals surface area contributed by atoms with Gasteiger partial charge in [-0.2, -0.15) is 5.26 Å². The van der Waals surface area contributed by atoms with E-state index in [-0.39, 0.29) is 11.8 Å². The molecule has 0 saturated heterocycles. The van der Waals surface area contributed by atoms with Gasteiger partial charge in [0, 0.05) is 19.0 Å². The van der Waals surface area contributed by atoms with Crippen molar-refractivity contribution in [1.29, 1.82) is 5.26 Å². The number of nitrogens with one attached hydrogen (secondary N) is 1. The lowest BCUT2D eigenvalue weighted by atomic mass is 10.1. The van der Waals surface area contributed by atoms with Crippen LogP contribution in [0.3, 0.4) is 0 Å². The van der Waals surface area contributed by atoms with E-state index in [0.29, 0.717) is 13.0 Å². The van der Waals surface area contributed by atoms with Gasteiger partial charge in [-0.25, -0.2) is 0 Å². The molecule has 0 radical (unpaired) electrons. The minimum Gasteiger partial charge on any atom is -0.406 e. The second-order valence-corrected chi connectivity index (χ2v) is 3.70. The van der Waals surface area contributed by atoms with E-state index in [9.17, 15) is 13.2 Å². The van der Waals surface area contributed by atoms with Crippen LogP contribution in [0.4, 0.5) is 13.2 Å². The molecule has 6 heteroatoms. The Morgan fingerprint density at radius 3 is 2.44 bits per heavy atom. The third kappa shape index (κ3) is 5.06. The van der Waals surface area contributed by atoms with Crippen LogP contribution in [0.15, 0.2) is 24.3 Å². The van der Waals surface area contributed by atoms with Gasteiger partial charge >= 0.3 is 6.36 Å². The van der Waals surface area contributed by atoms with E-state index < -0.39 is 6.36 Å². The van der Waals surface area contributed by atoms with Crippen molar-refractivity contribution in [2.45, 2.75) is 25.7 Å². The van der Waals surface area contributed by atoms with E-state index in [1.54, 1.807) is 12.1 Å². The third-order valence-electron chi connectivity index (χ3n) is 2.30. The summed E-state index contributed by atoms with van der Waals surface area (Å²) in [5.74, 6) is -0.240. The van der Waals surface area contributed by atoms with Crippen LogP contribution in [0, 0.1) is 11.3 Å². The molecular formula is C12H13F3N2O. The zero-order valence-corrected chi connectivity index (χ0v) is 9.79. The lowest BCUT2D eigenvalue weighted by Gasteiger charge is -2.14. The van der Waals surface area contributed by atoms with Crippen molar-refractivity contribution in [3.8, 4) is 11.8 Å². The maximum Gasteiger partial charge on any atom is 0.573 e. The number of benzene rings is 1. The number of hydrogen-bond acceptors (Lipinski definition) is 3. The molecule has 0 spiro atoms. The molecule has 1 N–H and O–H groups in total. The Hall–Kier alpha value is -1.74. The van der Waals surface area contributed by atoms with Gasteiger partial charge in [0.25, 0.3) is 0 Å². The number of nitrogens with zero attached hydrogens (tertiary/aromatic N) is 1. The Kier molecular flexibility index (Phi) is 4.98. The van der Waals surface area contributed by atoms with Gasteiger partial charge in [-0.15, -0.1) is 13.2 Å². The predicted molar refractivity (Wildman–Crippen MR) is 59.8 cm³/mol. The van der Waals surface area contributed by atoms with E-state index in [2.05, 4.69) is 10.1 Å². The molecular weight excluding hydrogens is 245 g/mol. The van der Waals surface area contributed by atoms with E-state index in [0.717, 1.165) is 5.56 Å². The quantitative estimate of drug-likeness (QED) is 0.825. The fourth-order valence-electron chi connectivity index (χ4n) is 1.42. The Morgan fingerprint density at radius 1 is 1.33 bits per heavy atom. The molecule has 1 rings (SSSR count). The smallest absolute Gasteiger partial charge is 0.406 e. The van der Waals surface area contributed by atoms with Gasteiger partial charge in [0.1, 0.15) is 5.75 Å². The van der Waals surface area contributed by atoms with Gasteiger partial charge in [-0.3, -0.25) is 0 Å². The van der Waals surface area contributed by atoms with Crippen LogP contribution in [0.1, 0.15) is 24.9 Å². The second kappa shape index (κ2) is 6.26. The molecule has 0 heterocycles. The van der Waals surface area contributed by atoms with Crippen molar-refractivity contribution in [2.75, 3.05) is 6.54 Å². The maximum atomic E-state index is 11.9. The summed E-state index contributed by atoms with van der Waals surface area (Å²) in [6.07, 6.45) is -4.28. The van der Waals surface area contributed by atoms with Gasteiger partial charge in [-0.05, 0) is 24.6 Å². The summed E-state index contributed by atoms with van der Waals surface area (Å²) in [5, 5.41) is 11.5. The van der Waals surface area contributed by atoms with E-state index >= 15 is 0 Å². The fourth-order valence-corrected chi connectivity index (χ4v) is 1.42. The fraction of sp³-hybridized carbons (Fsp3) is 0.417. The highest BCUT2D eigenvalue weighted by Gasteiger charge is 2.30. The molecule has 0 aliphatic heterocycles. The normalized spacial score (nSPS) is 12.8. The summed E-state index contributed by atoms with van der Waals surface area (Å²) >= 11 is 0. The first-order chi connectivity index (χ1) is 8.42. The molecule has 0 bridgehead atoms. The van der Waals surface area contributed by atoms with Crippen LogP contribution < -0.4 is 10.1 Å². The average molecular weight is 258 g/mol.